The van der Waals surface area contributed by atoms with Gasteiger partial charge in [-0.15, -0.1) is 0 Å². The topological polar surface area (TPSA) is 58.4 Å². The molecule has 1 amide bonds. The minimum atomic E-state index is -0.0999. The van der Waals surface area contributed by atoms with E-state index in [1.807, 2.05) is 6.07 Å². The first-order valence-electron chi connectivity index (χ1n) is 7.12. The number of likely N-dealkylation sites (tertiary alicyclic amines) is 1. The van der Waals surface area contributed by atoms with E-state index in [1.165, 1.54) is 25.9 Å². The molecule has 0 saturated carbocycles. The summed E-state index contributed by atoms with van der Waals surface area (Å²) in [6.45, 7) is 6.28. The van der Waals surface area contributed by atoms with Crippen molar-refractivity contribution >= 4 is 27.5 Å². The van der Waals surface area contributed by atoms with E-state index in [-0.39, 0.29) is 5.91 Å². The van der Waals surface area contributed by atoms with Crippen LogP contribution < -0.4 is 11.1 Å². The number of halogens is 1. The summed E-state index contributed by atoms with van der Waals surface area (Å²) >= 11 is 3.36. The van der Waals surface area contributed by atoms with Crippen molar-refractivity contribution in [2.45, 2.75) is 19.8 Å². The minimum absolute atomic E-state index is 0.0999. The molecule has 1 saturated heterocycles. The van der Waals surface area contributed by atoms with Gasteiger partial charge in [-0.2, -0.15) is 0 Å². The van der Waals surface area contributed by atoms with Crippen molar-refractivity contribution in [1.29, 1.82) is 0 Å². The number of nitrogens with zero attached hydrogens (tertiary/aromatic N) is 1. The zero-order valence-electron chi connectivity index (χ0n) is 11.9. The van der Waals surface area contributed by atoms with Crippen LogP contribution in [0.1, 0.15) is 30.1 Å². The van der Waals surface area contributed by atoms with Gasteiger partial charge in [0.15, 0.2) is 0 Å². The maximum absolute atomic E-state index is 12.1. The number of nitrogens with one attached hydrogen (secondary N) is 1. The van der Waals surface area contributed by atoms with Gasteiger partial charge in [-0.05, 0) is 50.0 Å². The van der Waals surface area contributed by atoms with E-state index in [0.29, 0.717) is 23.7 Å². The zero-order chi connectivity index (χ0) is 14.5. The number of carbonyl (C=O) groups is 1. The monoisotopic (exact) mass is 339 g/mol. The number of anilines is 1. The van der Waals surface area contributed by atoms with Crippen molar-refractivity contribution in [3.05, 3.63) is 28.2 Å². The molecule has 20 heavy (non-hydrogen) atoms. The first kappa shape index (κ1) is 15.3. The molecular formula is C15H22BrN3O. The normalized spacial score (nSPS) is 17.1. The summed E-state index contributed by atoms with van der Waals surface area (Å²) in [4.78, 5) is 14.6. The molecular weight excluding hydrogens is 318 g/mol. The molecule has 0 bridgehead atoms. The maximum Gasteiger partial charge on any atom is 0.253 e. The van der Waals surface area contributed by atoms with E-state index in [4.69, 9.17) is 5.73 Å². The second kappa shape index (κ2) is 7.09. The fourth-order valence-corrected chi connectivity index (χ4v) is 2.92. The van der Waals surface area contributed by atoms with E-state index in [1.54, 1.807) is 12.1 Å². The molecule has 3 N–H and O–H groups in total. The Morgan fingerprint density at radius 3 is 2.85 bits per heavy atom. The van der Waals surface area contributed by atoms with E-state index in [2.05, 4.69) is 33.1 Å². The highest BCUT2D eigenvalue weighted by Gasteiger charge is 2.16. The number of hydrogen-bond donors (Lipinski definition) is 2. The highest BCUT2D eigenvalue weighted by Crippen LogP contribution is 2.18. The first-order valence-corrected chi connectivity index (χ1v) is 7.91. The van der Waals surface area contributed by atoms with Crippen LogP contribution in [-0.2, 0) is 0 Å². The Labute approximate surface area is 128 Å². The Bertz CT molecular complexity index is 472. The van der Waals surface area contributed by atoms with Crippen LogP contribution in [0.15, 0.2) is 22.7 Å². The van der Waals surface area contributed by atoms with E-state index in [9.17, 15) is 4.79 Å². The average Bonchev–Trinajstić information content (AvgIpc) is 2.91. The van der Waals surface area contributed by atoms with Crippen molar-refractivity contribution < 1.29 is 4.79 Å². The lowest BCUT2D eigenvalue weighted by Crippen LogP contribution is -2.34. The second-order valence-corrected chi connectivity index (χ2v) is 6.47. The van der Waals surface area contributed by atoms with Gasteiger partial charge < -0.3 is 16.0 Å². The van der Waals surface area contributed by atoms with Crippen LogP contribution in [-0.4, -0.2) is 37.0 Å². The second-order valence-electron chi connectivity index (χ2n) is 5.55. The number of rotatable bonds is 5. The smallest absolute Gasteiger partial charge is 0.253 e. The van der Waals surface area contributed by atoms with Gasteiger partial charge in [0, 0.05) is 23.2 Å². The lowest BCUT2D eigenvalue weighted by molar-refractivity contribution is 0.0946. The van der Waals surface area contributed by atoms with Crippen LogP contribution in [0.25, 0.3) is 0 Å². The Hall–Kier alpha value is -1.07. The molecule has 1 fully saturated rings. The molecule has 1 aliphatic rings. The Morgan fingerprint density at radius 1 is 1.45 bits per heavy atom. The molecule has 0 spiro atoms. The molecule has 1 heterocycles. The molecule has 1 aromatic carbocycles. The first-order chi connectivity index (χ1) is 9.56. The van der Waals surface area contributed by atoms with Crippen LogP contribution in [0.5, 0.6) is 0 Å². The molecule has 1 aromatic rings. The highest BCUT2D eigenvalue weighted by atomic mass is 79.9. The van der Waals surface area contributed by atoms with Gasteiger partial charge in [0.2, 0.25) is 0 Å². The minimum Gasteiger partial charge on any atom is -0.398 e. The fourth-order valence-electron chi connectivity index (χ4n) is 2.56. The third-order valence-corrected chi connectivity index (χ3v) is 4.13. The summed E-state index contributed by atoms with van der Waals surface area (Å²) in [5.74, 6) is 0.350. The number of amides is 1. The Balaban J connectivity index is 1.83. The summed E-state index contributed by atoms with van der Waals surface area (Å²) < 4.78 is 0.863. The molecule has 1 aliphatic heterocycles. The third kappa shape index (κ3) is 4.21. The lowest BCUT2D eigenvalue weighted by atomic mass is 10.1. The standard InChI is InChI=1S/C15H22BrN3O/c1-11(10-19-6-2-3-7-19)9-18-15(20)13-8-12(16)4-5-14(13)17/h4-5,8,11H,2-3,6-7,9-10,17H2,1H3,(H,18,20). The molecule has 0 aromatic heterocycles. The van der Waals surface area contributed by atoms with Crippen LogP contribution in [0.4, 0.5) is 5.69 Å². The van der Waals surface area contributed by atoms with E-state index in [0.717, 1.165) is 11.0 Å². The molecule has 2 rings (SSSR count). The average molecular weight is 340 g/mol. The predicted molar refractivity (Wildman–Crippen MR) is 85.7 cm³/mol. The quantitative estimate of drug-likeness (QED) is 0.810. The fraction of sp³-hybridized carbons (Fsp3) is 0.533. The van der Waals surface area contributed by atoms with Crippen LogP contribution in [0, 0.1) is 5.92 Å². The molecule has 1 unspecified atom stereocenters. The van der Waals surface area contributed by atoms with Crippen molar-refractivity contribution in [2.24, 2.45) is 5.92 Å². The summed E-state index contributed by atoms with van der Waals surface area (Å²) in [5, 5.41) is 2.97. The molecule has 5 heteroatoms. The highest BCUT2D eigenvalue weighted by molar-refractivity contribution is 9.10. The van der Waals surface area contributed by atoms with Gasteiger partial charge in [0.05, 0.1) is 5.56 Å². The van der Waals surface area contributed by atoms with Gasteiger partial charge in [-0.25, -0.2) is 0 Å². The zero-order valence-corrected chi connectivity index (χ0v) is 13.4. The molecule has 0 radical (unpaired) electrons. The number of nitrogen functional groups attached to an aromatic ring is 1. The SMILES string of the molecule is CC(CNC(=O)c1cc(Br)ccc1N)CN1CCCC1. The van der Waals surface area contributed by atoms with E-state index >= 15 is 0 Å². The van der Waals surface area contributed by atoms with Gasteiger partial charge in [-0.1, -0.05) is 22.9 Å². The molecule has 110 valence electrons. The number of nitrogens with two attached hydrogens (primary N) is 1. The molecule has 1 atom stereocenters. The van der Waals surface area contributed by atoms with Crippen molar-refractivity contribution in [3.8, 4) is 0 Å². The van der Waals surface area contributed by atoms with Crippen molar-refractivity contribution in [1.82, 2.24) is 10.2 Å². The van der Waals surface area contributed by atoms with Crippen LogP contribution >= 0.6 is 15.9 Å². The summed E-state index contributed by atoms with van der Waals surface area (Å²) in [6, 6.07) is 5.34. The van der Waals surface area contributed by atoms with Gasteiger partial charge in [-0.3, -0.25) is 4.79 Å². The largest absolute Gasteiger partial charge is 0.398 e. The van der Waals surface area contributed by atoms with Crippen LogP contribution in [0.3, 0.4) is 0 Å². The maximum atomic E-state index is 12.1. The third-order valence-electron chi connectivity index (χ3n) is 3.64. The summed E-state index contributed by atoms with van der Waals surface area (Å²) in [5.41, 5.74) is 6.89. The predicted octanol–water partition coefficient (Wildman–Crippen LogP) is 2.49. The van der Waals surface area contributed by atoms with Gasteiger partial charge in [0.1, 0.15) is 0 Å². The van der Waals surface area contributed by atoms with E-state index < -0.39 is 0 Å². The van der Waals surface area contributed by atoms with Crippen LogP contribution in [0.2, 0.25) is 0 Å². The van der Waals surface area contributed by atoms with Gasteiger partial charge >= 0.3 is 0 Å². The summed E-state index contributed by atoms with van der Waals surface area (Å²) in [7, 11) is 0. The summed E-state index contributed by atoms with van der Waals surface area (Å²) in [6.07, 6.45) is 2.60. The molecule has 4 nitrogen and oxygen atoms in total. The number of benzene rings is 1. The number of hydrogen-bond acceptors (Lipinski definition) is 3. The molecule has 0 aliphatic carbocycles. The lowest BCUT2D eigenvalue weighted by Gasteiger charge is -2.20. The Kier molecular flexibility index (Phi) is 5.43. The number of carbonyl (C=O) groups excluding carboxylic acids is 1. The Morgan fingerprint density at radius 2 is 2.15 bits per heavy atom. The van der Waals surface area contributed by atoms with Crippen molar-refractivity contribution in [3.63, 3.8) is 0 Å². The van der Waals surface area contributed by atoms with Gasteiger partial charge in [0.25, 0.3) is 5.91 Å². The van der Waals surface area contributed by atoms with Crippen molar-refractivity contribution in [2.75, 3.05) is 31.9 Å².